The van der Waals surface area contributed by atoms with E-state index in [4.69, 9.17) is 21.1 Å². The summed E-state index contributed by atoms with van der Waals surface area (Å²) in [6.07, 6.45) is 1.57. The van der Waals surface area contributed by atoms with Crippen molar-refractivity contribution in [2.45, 2.75) is 50.5 Å². The second kappa shape index (κ2) is 11.8. The second-order valence-electron chi connectivity index (χ2n) is 9.77. The molecule has 3 aromatic rings. The Hall–Kier alpha value is -3.36. The Morgan fingerprint density at radius 2 is 1.92 bits per heavy atom. The number of halogens is 2. The maximum Gasteiger partial charge on any atom is 0.305 e. The lowest BCUT2D eigenvalue weighted by Crippen LogP contribution is -2.43. The lowest BCUT2D eigenvalue weighted by Gasteiger charge is -2.35. The third-order valence-corrected chi connectivity index (χ3v) is 8.76. The molecule has 9 heteroatoms. The zero-order valence-electron chi connectivity index (χ0n) is 22.3. The van der Waals surface area contributed by atoms with Crippen LogP contribution in [0.4, 0.5) is 10.1 Å². The summed E-state index contributed by atoms with van der Waals surface area (Å²) in [5, 5.41) is 0.285. The number of anilines is 1. The van der Waals surface area contributed by atoms with Crippen molar-refractivity contribution in [3.8, 4) is 5.75 Å². The number of carbonyl (C=O) groups excluding carboxylic acids is 1. The molecule has 0 aromatic heterocycles. The molecule has 0 radical (unpaired) electrons. The number of rotatable bonds is 8. The summed E-state index contributed by atoms with van der Waals surface area (Å²) < 4.78 is 54.7. The van der Waals surface area contributed by atoms with Gasteiger partial charge in [-0.25, -0.2) is 12.8 Å². The monoisotopic (exact) mass is 571 g/mol. The van der Waals surface area contributed by atoms with Gasteiger partial charge in [0.15, 0.2) is 0 Å². The molecule has 0 N–H and O–H groups in total. The van der Waals surface area contributed by atoms with Gasteiger partial charge >= 0.3 is 5.97 Å². The van der Waals surface area contributed by atoms with Crippen LogP contribution in [0.1, 0.15) is 56.2 Å². The molecule has 4 rings (SSSR count). The van der Waals surface area contributed by atoms with Gasteiger partial charge in [0.25, 0.3) is 10.0 Å². The minimum atomic E-state index is -3.98. The number of hydrogen-bond donors (Lipinski definition) is 0. The number of hydrogen-bond acceptors (Lipinski definition) is 5. The number of carbonyl (C=O) groups is 1. The quantitative estimate of drug-likeness (QED) is 0.213. The summed E-state index contributed by atoms with van der Waals surface area (Å²) >= 11 is 6.25. The van der Waals surface area contributed by atoms with Crippen molar-refractivity contribution in [3.05, 3.63) is 88.2 Å². The van der Waals surface area contributed by atoms with Crippen LogP contribution in [0.3, 0.4) is 0 Å². The van der Waals surface area contributed by atoms with Crippen LogP contribution in [0.15, 0.2) is 65.6 Å². The smallest absolute Gasteiger partial charge is 0.305 e. The van der Waals surface area contributed by atoms with E-state index < -0.39 is 27.9 Å². The largest absolute Gasteiger partial charge is 0.486 e. The standard InChI is InChI=1S/C30H31ClFNO5S/c1-19(2)22-7-5-8-24(17-22)39(35,36)33-18-23(12-14-29(34)37-4)38-28-13-11-21(16-27(28)33)15-20(3)30-25(31)9-6-10-26(30)32/h5-11,13,15-17,19,23H,12,14,18H2,1-4H3/b20-15+/t23-/m0/s1. The topological polar surface area (TPSA) is 72.9 Å². The predicted octanol–water partition coefficient (Wildman–Crippen LogP) is 7.07. The fourth-order valence-corrected chi connectivity index (χ4v) is 6.40. The first-order valence-electron chi connectivity index (χ1n) is 12.6. The normalized spacial score (nSPS) is 15.6. The van der Waals surface area contributed by atoms with Crippen LogP contribution in [-0.2, 0) is 19.6 Å². The van der Waals surface area contributed by atoms with Crippen molar-refractivity contribution >= 4 is 44.9 Å². The van der Waals surface area contributed by atoms with E-state index in [2.05, 4.69) is 0 Å². The molecule has 0 aliphatic carbocycles. The molecule has 0 unspecified atom stereocenters. The van der Waals surface area contributed by atoms with Gasteiger partial charge in [0.05, 0.1) is 29.3 Å². The SMILES string of the molecule is COC(=O)CC[C@H]1CN(S(=O)(=O)c2cccc(C(C)C)c2)c2cc(/C=C(\C)c3c(F)cccc3Cl)ccc2O1. The number of esters is 1. The van der Waals surface area contributed by atoms with E-state index in [-0.39, 0.29) is 40.8 Å². The fourth-order valence-electron chi connectivity index (χ4n) is 4.54. The van der Waals surface area contributed by atoms with Gasteiger partial charge in [0, 0.05) is 12.0 Å². The highest BCUT2D eigenvalue weighted by atomic mass is 35.5. The Kier molecular flexibility index (Phi) is 8.67. The third-order valence-electron chi connectivity index (χ3n) is 6.67. The van der Waals surface area contributed by atoms with Gasteiger partial charge in [-0.1, -0.05) is 55.8 Å². The molecule has 0 fully saturated rings. The van der Waals surface area contributed by atoms with E-state index >= 15 is 0 Å². The van der Waals surface area contributed by atoms with Crippen molar-refractivity contribution < 1.29 is 27.1 Å². The number of allylic oxidation sites excluding steroid dienone is 1. The maximum absolute atomic E-state index is 14.5. The van der Waals surface area contributed by atoms with Gasteiger partial charge < -0.3 is 9.47 Å². The summed E-state index contributed by atoms with van der Waals surface area (Å²) in [5.74, 6) is -0.320. The average molecular weight is 572 g/mol. The second-order valence-corrected chi connectivity index (χ2v) is 12.0. The summed E-state index contributed by atoms with van der Waals surface area (Å²) in [6, 6.07) is 16.6. The summed E-state index contributed by atoms with van der Waals surface area (Å²) in [6.45, 7) is 5.77. The van der Waals surface area contributed by atoms with Gasteiger partial charge in [-0.3, -0.25) is 9.10 Å². The van der Waals surface area contributed by atoms with Crippen LogP contribution in [0.5, 0.6) is 5.75 Å². The number of methoxy groups -OCH3 is 1. The van der Waals surface area contributed by atoms with Crippen molar-refractivity contribution in [2.75, 3.05) is 18.0 Å². The molecule has 6 nitrogen and oxygen atoms in total. The minimum Gasteiger partial charge on any atom is -0.486 e. The Bertz CT molecular complexity index is 1500. The van der Waals surface area contributed by atoms with Crippen molar-refractivity contribution in [2.24, 2.45) is 0 Å². The Morgan fingerprint density at radius 3 is 2.62 bits per heavy atom. The molecule has 39 heavy (non-hydrogen) atoms. The first kappa shape index (κ1) is 28.6. The molecular weight excluding hydrogens is 541 g/mol. The molecule has 0 saturated heterocycles. The summed E-state index contributed by atoms with van der Waals surface area (Å²) in [7, 11) is -2.68. The molecule has 206 valence electrons. The molecule has 1 atom stereocenters. The van der Waals surface area contributed by atoms with E-state index in [1.165, 1.54) is 17.5 Å². The van der Waals surface area contributed by atoms with Gasteiger partial charge in [-0.15, -0.1) is 0 Å². The zero-order chi connectivity index (χ0) is 28.3. The van der Waals surface area contributed by atoms with Gasteiger partial charge in [-0.2, -0.15) is 0 Å². The van der Waals surface area contributed by atoms with Crippen LogP contribution >= 0.6 is 11.6 Å². The average Bonchev–Trinajstić information content (AvgIpc) is 2.91. The zero-order valence-corrected chi connectivity index (χ0v) is 23.9. The highest BCUT2D eigenvalue weighted by Crippen LogP contribution is 2.40. The molecular formula is C30H31ClFNO5S. The van der Waals surface area contributed by atoms with Crippen LogP contribution < -0.4 is 9.04 Å². The Morgan fingerprint density at radius 1 is 1.18 bits per heavy atom. The lowest BCUT2D eigenvalue weighted by atomic mass is 10.0. The number of fused-ring (bicyclic) bond motifs is 1. The van der Waals surface area contributed by atoms with Crippen LogP contribution in [0.25, 0.3) is 11.6 Å². The van der Waals surface area contributed by atoms with Crippen LogP contribution in [0.2, 0.25) is 5.02 Å². The van der Waals surface area contributed by atoms with Crippen molar-refractivity contribution in [3.63, 3.8) is 0 Å². The van der Waals surface area contributed by atoms with Gasteiger partial charge in [-0.05, 0) is 72.4 Å². The third kappa shape index (κ3) is 6.28. The van der Waals surface area contributed by atoms with Crippen molar-refractivity contribution in [1.82, 2.24) is 0 Å². The molecule has 1 aliphatic heterocycles. The highest BCUT2D eigenvalue weighted by molar-refractivity contribution is 7.92. The van der Waals surface area contributed by atoms with E-state index in [0.717, 1.165) is 5.56 Å². The highest BCUT2D eigenvalue weighted by Gasteiger charge is 2.35. The van der Waals surface area contributed by atoms with Gasteiger partial charge in [0.1, 0.15) is 17.7 Å². The molecule has 1 heterocycles. The summed E-state index contributed by atoms with van der Waals surface area (Å²) in [5.41, 5.74) is 2.79. The van der Waals surface area contributed by atoms with Crippen LogP contribution in [0, 0.1) is 5.82 Å². The predicted molar refractivity (Wildman–Crippen MR) is 152 cm³/mol. The molecule has 3 aromatic carbocycles. The number of benzene rings is 3. The lowest BCUT2D eigenvalue weighted by molar-refractivity contribution is -0.141. The van der Waals surface area contributed by atoms with E-state index in [0.29, 0.717) is 22.6 Å². The van der Waals surface area contributed by atoms with E-state index in [1.54, 1.807) is 61.5 Å². The van der Waals surface area contributed by atoms with E-state index in [9.17, 15) is 17.6 Å². The Balaban J connectivity index is 1.78. The van der Waals surface area contributed by atoms with Crippen LogP contribution in [-0.4, -0.2) is 34.1 Å². The van der Waals surface area contributed by atoms with E-state index in [1.807, 2.05) is 19.9 Å². The Labute approximate surface area is 234 Å². The number of sulfonamides is 1. The first-order valence-corrected chi connectivity index (χ1v) is 14.5. The first-order chi connectivity index (χ1) is 18.5. The number of nitrogens with zero attached hydrogens (tertiary/aromatic N) is 1. The fraction of sp³-hybridized carbons (Fsp3) is 0.300. The number of ether oxygens (including phenoxy) is 2. The molecule has 0 saturated carbocycles. The minimum absolute atomic E-state index is 0.0174. The van der Waals surface area contributed by atoms with Crippen molar-refractivity contribution in [1.29, 1.82) is 0 Å². The molecule has 0 spiro atoms. The van der Waals surface area contributed by atoms with Gasteiger partial charge in [0.2, 0.25) is 0 Å². The maximum atomic E-state index is 14.5. The summed E-state index contributed by atoms with van der Waals surface area (Å²) in [4.78, 5) is 11.9. The molecule has 0 amide bonds. The molecule has 0 bridgehead atoms. The molecule has 1 aliphatic rings.